The van der Waals surface area contributed by atoms with Crippen molar-refractivity contribution in [2.75, 3.05) is 0 Å². The van der Waals surface area contributed by atoms with Crippen LogP contribution in [0.25, 0.3) is 0 Å². The summed E-state index contributed by atoms with van der Waals surface area (Å²) in [6.07, 6.45) is 1.48. The van der Waals surface area contributed by atoms with Gasteiger partial charge in [0, 0.05) is 12.3 Å². The number of hydrogen-bond acceptors (Lipinski definition) is 3. The lowest BCUT2D eigenvalue weighted by atomic mass is 10.3. The Morgan fingerprint density at radius 1 is 1.06 bits per heavy atom. The molecule has 1 aromatic heterocycles. The van der Waals surface area contributed by atoms with Crippen LogP contribution in [0.1, 0.15) is 5.56 Å². The van der Waals surface area contributed by atoms with Gasteiger partial charge in [-0.3, -0.25) is 0 Å². The Kier molecular flexibility index (Phi) is 4.30. The molecule has 0 unspecified atom stereocenters. The number of rotatable bonds is 3. The molecule has 0 saturated carbocycles. The number of pyridine rings is 1. The van der Waals surface area contributed by atoms with E-state index in [2.05, 4.69) is 4.98 Å². The van der Waals surface area contributed by atoms with E-state index in [0.717, 1.165) is 0 Å². The van der Waals surface area contributed by atoms with E-state index in [4.69, 9.17) is 44.6 Å². The SMILES string of the molecule is OCc1cnc(Oc2ccc(Cl)c(Cl)c2)c(Cl)c1. The predicted octanol–water partition coefficient (Wildman–Crippen LogP) is 4.33. The molecule has 94 valence electrons. The molecule has 0 radical (unpaired) electrons. The quantitative estimate of drug-likeness (QED) is 0.918. The summed E-state index contributed by atoms with van der Waals surface area (Å²) < 4.78 is 5.48. The van der Waals surface area contributed by atoms with Gasteiger partial charge in [0.15, 0.2) is 0 Å². The molecule has 2 rings (SSSR count). The number of nitrogens with zero attached hydrogens (tertiary/aromatic N) is 1. The van der Waals surface area contributed by atoms with Gasteiger partial charge >= 0.3 is 0 Å². The van der Waals surface area contributed by atoms with Gasteiger partial charge < -0.3 is 9.84 Å². The van der Waals surface area contributed by atoms with Gasteiger partial charge in [-0.15, -0.1) is 0 Å². The van der Waals surface area contributed by atoms with E-state index in [9.17, 15) is 0 Å². The first kappa shape index (κ1) is 13.4. The van der Waals surface area contributed by atoms with Crippen molar-refractivity contribution >= 4 is 34.8 Å². The topological polar surface area (TPSA) is 42.4 Å². The molecular weight excluding hydrogens is 296 g/mol. The second kappa shape index (κ2) is 5.76. The summed E-state index contributed by atoms with van der Waals surface area (Å²) >= 11 is 17.6. The Labute approximate surface area is 119 Å². The number of ether oxygens (including phenoxy) is 1. The lowest BCUT2D eigenvalue weighted by molar-refractivity contribution is 0.281. The zero-order valence-corrected chi connectivity index (χ0v) is 11.3. The number of aliphatic hydroxyl groups excluding tert-OH is 1. The molecule has 2 aromatic rings. The lowest BCUT2D eigenvalue weighted by Gasteiger charge is -2.08. The van der Waals surface area contributed by atoms with Crippen LogP contribution < -0.4 is 4.74 Å². The molecule has 1 heterocycles. The van der Waals surface area contributed by atoms with Gasteiger partial charge in [0.25, 0.3) is 0 Å². The number of benzene rings is 1. The van der Waals surface area contributed by atoms with Crippen molar-refractivity contribution in [3.05, 3.63) is 51.1 Å². The summed E-state index contributed by atoms with van der Waals surface area (Å²) in [5.74, 6) is 0.725. The highest BCUT2D eigenvalue weighted by Gasteiger charge is 2.07. The molecule has 3 nitrogen and oxygen atoms in total. The van der Waals surface area contributed by atoms with Crippen molar-refractivity contribution in [1.82, 2.24) is 4.98 Å². The fraction of sp³-hybridized carbons (Fsp3) is 0.0833. The maximum atomic E-state index is 8.94. The third-order valence-electron chi connectivity index (χ3n) is 2.15. The minimum absolute atomic E-state index is 0.125. The Morgan fingerprint density at radius 3 is 2.44 bits per heavy atom. The average molecular weight is 305 g/mol. The van der Waals surface area contributed by atoms with Crippen molar-refractivity contribution in [1.29, 1.82) is 0 Å². The maximum Gasteiger partial charge on any atom is 0.238 e. The van der Waals surface area contributed by atoms with Crippen LogP contribution in [0.2, 0.25) is 15.1 Å². The molecule has 0 spiro atoms. The first-order valence-corrected chi connectivity index (χ1v) is 6.11. The highest BCUT2D eigenvalue weighted by Crippen LogP contribution is 2.31. The maximum absolute atomic E-state index is 8.94. The van der Waals surface area contributed by atoms with E-state index in [1.807, 2.05) is 0 Å². The van der Waals surface area contributed by atoms with Crippen LogP contribution in [0.5, 0.6) is 11.6 Å². The summed E-state index contributed by atoms with van der Waals surface area (Å²) in [7, 11) is 0. The van der Waals surface area contributed by atoms with Crippen LogP contribution in [0.4, 0.5) is 0 Å². The fourth-order valence-electron chi connectivity index (χ4n) is 1.28. The fourth-order valence-corrected chi connectivity index (χ4v) is 1.79. The zero-order valence-electron chi connectivity index (χ0n) is 9.03. The van der Waals surface area contributed by atoms with Crippen molar-refractivity contribution in [3.63, 3.8) is 0 Å². The molecule has 0 atom stereocenters. The van der Waals surface area contributed by atoms with Gasteiger partial charge in [-0.2, -0.15) is 0 Å². The molecule has 18 heavy (non-hydrogen) atoms. The summed E-state index contributed by atoms with van der Waals surface area (Å²) in [4.78, 5) is 4.01. The number of aromatic nitrogens is 1. The van der Waals surface area contributed by atoms with Gasteiger partial charge in [0.2, 0.25) is 5.88 Å². The molecule has 0 bridgehead atoms. The van der Waals surface area contributed by atoms with Crippen LogP contribution in [-0.2, 0) is 6.61 Å². The molecule has 0 aliphatic rings. The monoisotopic (exact) mass is 303 g/mol. The molecule has 0 aliphatic carbocycles. The van der Waals surface area contributed by atoms with Gasteiger partial charge in [-0.25, -0.2) is 4.98 Å². The molecule has 0 fully saturated rings. The van der Waals surface area contributed by atoms with E-state index in [-0.39, 0.29) is 12.5 Å². The molecule has 6 heteroatoms. The predicted molar refractivity (Wildman–Crippen MR) is 71.7 cm³/mol. The van der Waals surface area contributed by atoms with E-state index in [0.29, 0.717) is 26.4 Å². The van der Waals surface area contributed by atoms with E-state index in [1.165, 1.54) is 6.20 Å². The highest BCUT2D eigenvalue weighted by atomic mass is 35.5. The third-order valence-corrected chi connectivity index (χ3v) is 3.16. The average Bonchev–Trinajstić information content (AvgIpc) is 2.36. The van der Waals surface area contributed by atoms with Crippen molar-refractivity contribution in [2.45, 2.75) is 6.61 Å². The summed E-state index contributed by atoms with van der Waals surface area (Å²) in [5, 5.41) is 10.1. The Bertz CT molecular complexity index is 575. The standard InChI is InChI=1S/C12H8Cl3NO2/c13-9-2-1-8(4-10(9)14)18-12-11(15)3-7(6-17)5-16-12/h1-5,17H,6H2. The van der Waals surface area contributed by atoms with Crippen LogP contribution >= 0.6 is 34.8 Å². The van der Waals surface area contributed by atoms with Gasteiger partial charge in [-0.1, -0.05) is 34.8 Å². The number of hydrogen-bond donors (Lipinski definition) is 1. The molecular formula is C12H8Cl3NO2. The zero-order chi connectivity index (χ0) is 13.1. The highest BCUT2D eigenvalue weighted by molar-refractivity contribution is 6.42. The Morgan fingerprint density at radius 2 is 1.83 bits per heavy atom. The summed E-state index contributed by atoms with van der Waals surface area (Å²) in [6.45, 7) is -0.125. The van der Waals surface area contributed by atoms with Crippen LogP contribution in [0, 0.1) is 0 Å². The summed E-state index contributed by atoms with van der Waals surface area (Å²) in [6, 6.07) is 6.44. The second-order valence-corrected chi connectivity index (χ2v) is 4.69. The van der Waals surface area contributed by atoms with Crippen molar-refractivity contribution in [3.8, 4) is 11.6 Å². The lowest BCUT2D eigenvalue weighted by Crippen LogP contribution is -1.92. The smallest absolute Gasteiger partial charge is 0.238 e. The number of aliphatic hydroxyl groups is 1. The first-order chi connectivity index (χ1) is 8.60. The van der Waals surface area contributed by atoms with E-state index in [1.54, 1.807) is 24.3 Å². The van der Waals surface area contributed by atoms with Gasteiger partial charge in [0.1, 0.15) is 10.8 Å². The first-order valence-electron chi connectivity index (χ1n) is 4.98. The molecule has 0 aliphatic heterocycles. The summed E-state index contributed by atoms with van der Waals surface area (Å²) in [5.41, 5.74) is 0.612. The van der Waals surface area contributed by atoms with Gasteiger partial charge in [0.05, 0.1) is 16.7 Å². The van der Waals surface area contributed by atoms with Gasteiger partial charge in [-0.05, 0) is 23.8 Å². The largest absolute Gasteiger partial charge is 0.437 e. The minimum atomic E-state index is -0.125. The van der Waals surface area contributed by atoms with E-state index < -0.39 is 0 Å². The molecule has 1 N–H and O–H groups in total. The third kappa shape index (κ3) is 3.06. The molecule has 0 saturated heterocycles. The Balaban J connectivity index is 2.25. The van der Waals surface area contributed by atoms with Crippen molar-refractivity contribution < 1.29 is 9.84 Å². The minimum Gasteiger partial charge on any atom is -0.437 e. The normalized spacial score (nSPS) is 10.4. The molecule has 1 aromatic carbocycles. The van der Waals surface area contributed by atoms with E-state index >= 15 is 0 Å². The second-order valence-electron chi connectivity index (χ2n) is 3.47. The van der Waals surface area contributed by atoms with Crippen LogP contribution in [0.15, 0.2) is 30.5 Å². The Hall–Kier alpha value is -1.000. The van der Waals surface area contributed by atoms with Crippen molar-refractivity contribution in [2.24, 2.45) is 0 Å². The van der Waals surface area contributed by atoms with Crippen LogP contribution in [0.3, 0.4) is 0 Å². The number of halogens is 3. The molecule has 0 amide bonds. The van der Waals surface area contributed by atoms with Crippen LogP contribution in [-0.4, -0.2) is 10.1 Å².